The number of carboxylic acids is 1. The maximum absolute atomic E-state index is 11.9. The molecule has 6 nitrogen and oxygen atoms in total. The van der Waals surface area contributed by atoms with Gasteiger partial charge < -0.3 is 5.11 Å². The number of nitrogens with one attached hydrogen (secondary N) is 1. The first kappa shape index (κ1) is 17.9. The van der Waals surface area contributed by atoms with Gasteiger partial charge in [-0.25, -0.2) is 13.1 Å². The zero-order chi connectivity index (χ0) is 15.3. The Balaban J connectivity index is 4.83. The van der Waals surface area contributed by atoms with Crippen LogP contribution in [-0.2, 0) is 14.8 Å². The molecule has 0 aromatic heterocycles. The van der Waals surface area contributed by atoms with Crippen LogP contribution in [0.5, 0.6) is 0 Å². The van der Waals surface area contributed by atoms with Crippen LogP contribution in [0.4, 0.5) is 0 Å². The smallest absolute Gasteiger partial charge is 0.321 e. The Kier molecular flexibility index (Phi) is 6.46. The van der Waals surface area contributed by atoms with E-state index >= 15 is 0 Å². The highest BCUT2D eigenvalue weighted by molar-refractivity contribution is 7.89. The van der Waals surface area contributed by atoms with Crippen LogP contribution in [0.2, 0.25) is 0 Å². The van der Waals surface area contributed by atoms with Gasteiger partial charge in [0.05, 0.1) is 11.8 Å². The lowest BCUT2D eigenvalue weighted by atomic mass is 9.93. The standard InChI is InChI=1S/C12H22N2O4S/c1-9(2)7-10(11(15)16)14-19(17,18)8-12(3,4)5-6-13/h9-10,14H,5,7-8H2,1-4H3,(H,15,16)/t10-/m0/s1. The molecule has 19 heavy (non-hydrogen) atoms. The van der Waals surface area contributed by atoms with Crippen molar-refractivity contribution in [1.82, 2.24) is 4.72 Å². The van der Waals surface area contributed by atoms with Crippen LogP contribution in [0.25, 0.3) is 0 Å². The maximum Gasteiger partial charge on any atom is 0.321 e. The van der Waals surface area contributed by atoms with Gasteiger partial charge >= 0.3 is 5.97 Å². The van der Waals surface area contributed by atoms with Crippen LogP contribution in [0.3, 0.4) is 0 Å². The van der Waals surface area contributed by atoms with Gasteiger partial charge in [-0.05, 0) is 17.8 Å². The second kappa shape index (κ2) is 6.87. The van der Waals surface area contributed by atoms with Crippen LogP contribution >= 0.6 is 0 Å². The number of hydrogen-bond donors (Lipinski definition) is 2. The number of nitriles is 1. The third-order valence-electron chi connectivity index (χ3n) is 2.47. The fraction of sp³-hybridized carbons (Fsp3) is 0.833. The van der Waals surface area contributed by atoms with Crippen LogP contribution in [0.1, 0.15) is 40.5 Å². The van der Waals surface area contributed by atoms with Crippen LogP contribution in [0.15, 0.2) is 0 Å². The van der Waals surface area contributed by atoms with E-state index in [0.29, 0.717) is 0 Å². The number of nitrogens with zero attached hydrogens (tertiary/aromatic N) is 1. The molecule has 0 aromatic carbocycles. The van der Waals surface area contributed by atoms with Crippen molar-refractivity contribution in [2.75, 3.05) is 5.75 Å². The first-order valence-electron chi connectivity index (χ1n) is 6.09. The van der Waals surface area contributed by atoms with Crippen molar-refractivity contribution in [2.24, 2.45) is 11.3 Å². The SMILES string of the molecule is CC(C)C[C@H](NS(=O)(=O)CC(C)(C)CC#N)C(=O)O. The van der Waals surface area contributed by atoms with Crippen molar-refractivity contribution in [2.45, 2.75) is 46.6 Å². The lowest BCUT2D eigenvalue weighted by Gasteiger charge is -2.23. The molecule has 0 aliphatic rings. The predicted molar refractivity (Wildman–Crippen MR) is 71.8 cm³/mol. The van der Waals surface area contributed by atoms with Crippen molar-refractivity contribution >= 4 is 16.0 Å². The third kappa shape index (κ3) is 7.80. The van der Waals surface area contributed by atoms with Crippen molar-refractivity contribution in [3.63, 3.8) is 0 Å². The molecule has 0 bridgehead atoms. The summed E-state index contributed by atoms with van der Waals surface area (Å²) in [5.41, 5.74) is -0.707. The van der Waals surface area contributed by atoms with Crippen molar-refractivity contribution in [3.05, 3.63) is 0 Å². The average molecular weight is 290 g/mol. The number of aliphatic carboxylic acids is 1. The second-order valence-corrected chi connectivity index (χ2v) is 7.65. The average Bonchev–Trinajstić information content (AvgIpc) is 2.12. The van der Waals surface area contributed by atoms with Gasteiger partial charge in [-0.3, -0.25) is 4.79 Å². The molecule has 0 heterocycles. The zero-order valence-electron chi connectivity index (χ0n) is 11.8. The second-order valence-electron chi connectivity index (χ2n) is 5.90. The normalized spacial score (nSPS) is 14.1. The molecule has 1 atom stereocenters. The Morgan fingerprint density at radius 1 is 1.42 bits per heavy atom. The van der Waals surface area contributed by atoms with Gasteiger partial charge in [0.15, 0.2) is 0 Å². The molecule has 0 radical (unpaired) electrons. The first-order valence-corrected chi connectivity index (χ1v) is 7.74. The molecule has 7 heteroatoms. The van der Waals surface area contributed by atoms with E-state index in [-0.39, 0.29) is 24.5 Å². The van der Waals surface area contributed by atoms with Crippen molar-refractivity contribution in [1.29, 1.82) is 5.26 Å². The molecular weight excluding hydrogens is 268 g/mol. The van der Waals surface area contributed by atoms with Crippen LogP contribution in [-0.4, -0.2) is 31.3 Å². The summed E-state index contributed by atoms with van der Waals surface area (Å²) >= 11 is 0. The molecule has 0 unspecified atom stereocenters. The molecule has 0 amide bonds. The van der Waals surface area contributed by atoms with E-state index in [2.05, 4.69) is 4.72 Å². The quantitative estimate of drug-likeness (QED) is 0.701. The molecule has 0 saturated carbocycles. The monoisotopic (exact) mass is 290 g/mol. The topological polar surface area (TPSA) is 107 Å². The van der Waals surface area contributed by atoms with Crippen molar-refractivity contribution < 1.29 is 18.3 Å². The predicted octanol–water partition coefficient (Wildman–Crippen LogP) is 1.34. The lowest BCUT2D eigenvalue weighted by Crippen LogP contribution is -2.44. The summed E-state index contributed by atoms with van der Waals surface area (Å²) in [4.78, 5) is 11.0. The van der Waals surface area contributed by atoms with E-state index in [1.165, 1.54) is 0 Å². The molecule has 2 N–H and O–H groups in total. The summed E-state index contributed by atoms with van der Waals surface area (Å²) in [6, 6.07) is 0.808. The maximum atomic E-state index is 11.9. The number of hydrogen-bond acceptors (Lipinski definition) is 4. The molecule has 0 aliphatic carbocycles. The van der Waals surface area contributed by atoms with E-state index in [0.717, 1.165) is 0 Å². The molecule has 0 saturated heterocycles. The minimum absolute atomic E-state index is 0.0657. The summed E-state index contributed by atoms with van der Waals surface area (Å²) in [7, 11) is -3.73. The number of sulfonamides is 1. The van der Waals surface area contributed by atoms with Crippen LogP contribution in [0, 0.1) is 22.7 Å². The number of carboxylic acid groups (broad SMARTS) is 1. The van der Waals surface area contributed by atoms with Gasteiger partial charge in [0.25, 0.3) is 0 Å². The van der Waals surface area contributed by atoms with Gasteiger partial charge in [-0.1, -0.05) is 27.7 Å². The van der Waals surface area contributed by atoms with Crippen LogP contribution < -0.4 is 4.72 Å². The Hall–Kier alpha value is -1.13. The van der Waals surface area contributed by atoms with Gasteiger partial charge in [0.1, 0.15) is 6.04 Å². The third-order valence-corrected chi connectivity index (χ3v) is 4.27. The lowest BCUT2D eigenvalue weighted by molar-refractivity contribution is -0.139. The fourth-order valence-electron chi connectivity index (χ4n) is 1.71. The van der Waals surface area contributed by atoms with Gasteiger partial charge in [-0.2, -0.15) is 5.26 Å². The van der Waals surface area contributed by atoms with Crippen molar-refractivity contribution in [3.8, 4) is 6.07 Å². The highest BCUT2D eigenvalue weighted by Crippen LogP contribution is 2.22. The zero-order valence-corrected chi connectivity index (χ0v) is 12.6. The Morgan fingerprint density at radius 2 is 1.95 bits per heavy atom. The number of rotatable bonds is 8. The first-order chi connectivity index (χ1) is 8.49. The van der Waals surface area contributed by atoms with E-state index in [1.54, 1.807) is 13.8 Å². The molecular formula is C12H22N2O4S. The fourth-order valence-corrected chi connectivity index (χ4v) is 3.55. The summed E-state index contributed by atoms with van der Waals surface area (Å²) in [6.45, 7) is 6.97. The van der Waals surface area contributed by atoms with E-state index in [4.69, 9.17) is 10.4 Å². The minimum Gasteiger partial charge on any atom is -0.480 e. The van der Waals surface area contributed by atoms with Gasteiger partial charge in [0.2, 0.25) is 10.0 Å². The molecule has 0 rings (SSSR count). The minimum atomic E-state index is -3.73. The Morgan fingerprint density at radius 3 is 2.32 bits per heavy atom. The Bertz CT molecular complexity index is 449. The highest BCUT2D eigenvalue weighted by Gasteiger charge is 2.30. The summed E-state index contributed by atoms with van der Waals surface area (Å²) < 4.78 is 26.1. The highest BCUT2D eigenvalue weighted by atomic mass is 32.2. The molecule has 0 aliphatic heterocycles. The van der Waals surface area contributed by atoms with Gasteiger partial charge in [-0.15, -0.1) is 0 Å². The summed E-state index contributed by atoms with van der Waals surface area (Å²) in [5, 5.41) is 17.6. The summed E-state index contributed by atoms with van der Waals surface area (Å²) in [5.74, 6) is -1.39. The Labute approximate surface area is 114 Å². The number of carbonyl (C=O) groups is 1. The van der Waals surface area contributed by atoms with E-state index < -0.39 is 27.4 Å². The molecule has 0 spiro atoms. The molecule has 0 fully saturated rings. The van der Waals surface area contributed by atoms with E-state index in [9.17, 15) is 13.2 Å². The van der Waals surface area contributed by atoms with Gasteiger partial charge in [0, 0.05) is 6.42 Å². The molecule has 110 valence electrons. The summed E-state index contributed by atoms with van der Waals surface area (Å²) in [6.07, 6.45) is 0.322. The van der Waals surface area contributed by atoms with E-state index in [1.807, 2.05) is 19.9 Å². The largest absolute Gasteiger partial charge is 0.480 e. The molecule has 0 aromatic rings.